The minimum absolute atomic E-state index is 0.161. The van der Waals surface area contributed by atoms with E-state index < -0.39 is 0 Å². The summed E-state index contributed by atoms with van der Waals surface area (Å²) in [5.74, 6) is -0.00106. The summed E-state index contributed by atoms with van der Waals surface area (Å²) in [5.41, 5.74) is 1.71. The second-order valence-corrected chi connectivity index (χ2v) is 7.49. The first kappa shape index (κ1) is 18.3. The molecule has 0 radical (unpaired) electrons. The van der Waals surface area contributed by atoms with E-state index >= 15 is 0 Å². The lowest BCUT2D eigenvalue weighted by Gasteiger charge is -2.34. The molecule has 3 rings (SSSR count). The molecule has 0 atom stereocenters. The predicted molar refractivity (Wildman–Crippen MR) is 103 cm³/mol. The van der Waals surface area contributed by atoms with Crippen LogP contribution < -0.4 is 0 Å². The van der Waals surface area contributed by atoms with Crippen LogP contribution in [0.5, 0.6) is 0 Å². The molecule has 134 valence electrons. The molecule has 1 amide bonds. The summed E-state index contributed by atoms with van der Waals surface area (Å²) in [6, 6.07) is 6.88. The van der Waals surface area contributed by atoms with Crippen LogP contribution in [0, 0.1) is 16.3 Å². The van der Waals surface area contributed by atoms with E-state index in [4.69, 9.17) is 0 Å². The van der Waals surface area contributed by atoms with Crippen LogP contribution in [-0.4, -0.2) is 51.7 Å². The highest BCUT2D eigenvalue weighted by Gasteiger charge is 2.21. The number of hydrogen-bond acceptors (Lipinski definition) is 3. The Bertz CT molecular complexity index is 721. The van der Waals surface area contributed by atoms with E-state index in [1.165, 1.54) is 6.07 Å². The SMILES string of the molecule is Cc1nn(CCC(=O)N2CCN(Cc3ccccc3F)CC2)cc1I. The summed E-state index contributed by atoms with van der Waals surface area (Å²) >= 11 is 2.25. The van der Waals surface area contributed by atoms with Gasteiger partial charge in [-0.25, -0.2) is 4.39 Å². The maximum absolute atomic E-state index is 13.7. The van der Waals surface area contributed by atoms with E-state index in [-0.39, 0.29) is 11.7 Å². The Labute approximate surface area is 160 Å². The van der Waals surface area contributed by atoms with Gasteiger partial charge in [0.15, 0.2) is 0 Å². The van der Waals surface area contributed by atoms with Crippen LogP contribution in [-0.2, 0) is 17.9 Å². The van der Waals surface area contributed by atoms with Gasteiger partial charge in [-0.2, -0.15) is 5.10 Å². The molecular weight excluding hydrogens is 434 g/mol. The number of carbonyl (C=O) groups is 1. The molecule has 25 heavy (non-hydrogen) atoms. The minimum atomic E-state index is -0.162. The molecule has 7 heteroatoms. The van der Waals surface area contributed by atoms with Gasteiger partial charge >= 0.3 is 0 Å². The van der Waals surface area contributed by atoms with E-state index in [0.717, 1.165) is 22.4 Å². The van der Waals surface area contributed by atoms with E-state index in [1.54, 1.807) is 6.07 Å². The number of rotatable bonds is 5. The third-order valence-corrected chi connectivity index (χ3v) is 5.58. The monoisotopic (exact) mass is 456 g/mol. The summed E-state index contributed by atoms with van der Waals surface area (Å²) in [6.45, 7) is 6.12. The topological polar surface area (TPSA) is 41.4 Å². The van der Waals surface area contributed by atoms with Crippen LogP contribution in [0.2, 0.25) is 0 Å². The quantitative estimate of drug-likeness (QED) is 0.650. The van der Waals surface area contributed by atoms with Crippen molar-refractivity contribution >= 4 is 28.5 Å². The smallest absolute Gasteiger partial charge is 0.224 e. The summed E-state index contributed by atoms with van der Waals surface area (Å²) in [7, 11) is 0. The van der Waals surface area contributed by atoms with Crippen molar-refractivity contribution in [2.75, 3.05) is 26.2 Å². The van der Waals surface area contributed by atoms with Gasteiger partial charge in [-0.15, -0.1) is 0 Å². The van der Waals surface area contributed by atoms with E-state index in [0.29, 0.717) is 38.2 Å². The summed E-state index contributed by atoms with van der Waals surface area (Å²) in [5, 5.41) is 4.39. The van der Waals surface area contributed by atoms with Gasteiger partial charge in [-0.3, -0.25) is 14.4 Å². The number of halogens is 2. The molecule has 0 spiro atoms. The number of hydrogen-bond donors (Lipinski definition) is 0. The molecule has 2 aromatic rings. The predicted octanol–water partition coefficient (Wildman–Crippen LogP) is 2.67. The number of amides is 1. The van der Waals surface area contributed by atoms with Crippen LogP contribution in [0.3, 0.4) is 0 Å². The van der Waals surface area contributed by atoms with E-state index in [9.17, 15) is 9.18 Å². The third kappa shape index (κ3) is 4.78. The fourth-order valence-electron chi connectivity index (χ4n) is 3.00. The lowest BCUT2D eigenvalue weighted by molar-refractivity contribution is -0.133. The lowest BCUT2D eigenvalue weighted by atomic mass is 10.2. The number of aryl methyl sites for hydroxylation is 2. The fourth-order valence-corrected chi connectivity index (χ4v) is 3.43. The zero-order chi connectivity index (χ0) is 17.8. The third-order valence-electron chi connectivity index (χ3n) is 4.52. The molecule has 1 saturated heterocycles. The van der Waals surface area contributed by atoms with Gasteiger partial charge in [0, 0.05) is 57.4 Å². The Morgan fingerprint density at radius 2 is 1.96 bits per heavy atom. The molecule has 1 aromatic heterocycles. The summed E-state index contributed by atoms with van der Waals surface area (Å²) in [6.07, 6.45) is 2.43. The normalized spacial score (nSPS) is 15.6. The lowest BCUT2D eigenvalue weighted by Crippen LogP contribution is -2.48. The van der Waals surface area contributed by atoms with Crippen molar-refractivity contribution in [3.05, 3.63) is 51.1 Å². The van der Waals surface area contributed by atoms with Crippen LogP contribution in [0.4, 0.5) is 4.39 Å². The maximum Gasteiger partial charge on any atom is 0.224 e. The van der Waals surface area contributed by atoms with Crippen LogP contribution in [0.15, 0.2) is 30.5 Å². The van der Waals surface area contributed by atoms with Crippen molar-refractivity contribution in [3.63, 3.8) is 0 Å². The maximum atomic E-state index is 13.7. The first-order valence-corrected chi connectivity index (χ1v) is 9.54. The van der Waals surface area contributed by atoms with Gasteiger partial charge in [0.05, 0.1) is 9.26 Å². The Hall–Kier alpha value is -1.48. The molecule has 1 aliphatic rings. The minimum Gasteiger partial charge on any atom is -0.340 e. The van der Waals surface area contributed by atoms with Crippen molar-refractivity contribution in [1.29, 1.82) is 0 Å². The van der Waals surface area contributed by atoms with Crippen molar-refractivity contribution in [3.8, 4) is 0 Å². The fraction of sp³-hybridized carbons (Fsp3) is 0.444. The second-order valence-electron chi connectivity index (χ2n) is 6.32. The molecular formula is C18H22FIN4O. The van der Waals surface area contributed by atoms with Crippen molar-refractivity contribution < 1.29 is 9.18 Å². The zero-order valence-electron chi connectivity index (χ0n) is 14.3. The van der Waals surface area contributed by atoms with Crippen LogP contribution in [0.1, 0.15) is 17.7 Å². The number of aromatic nitrogens is 2. The van der Waals surface area contributed by atoms with Crippen molar-refractivity contribution in [1.82, 2.24) is 19.6 Å². The van der Waals surface area contributed by atoms with Gasteiger partial charge in [0.25, 0.3) is 0 Å². The Morgan fingerprint density at radius 1 is 1.24 bits per heavy atom. The highest BCUT2D eigenvalue weighted by molar-refractivity contribution is 14.1. The average Bonchev–Trinajstić information content (AvgIpc) is 2.93. The van der Waals surface area contributed by atoms with Crippen LogP contribution >= 0.6 is 22.6 Å². The second kappa shape index (κ2) is 8.27. The molecule has 0 N–H and O–H groups in total. The number of nitrogens with zero attached hydrogens (tertiary/aromatic N) is 4. The molecule has 0 bridgehead atoms. The zero-order valence-corrected chi connectivity index (χ0v) is 16.4. The molecule has 2 heterocycles. The Balaban J connectivity index is 1.45. The largest absolute Gasteiger partial charge is 0.340 e. The molecule has 0 aliphatic carbocycles. The summed E-state index contributed by atoms with van der Waals surface area (Å²) < 4.78 is 16.7. The van der Waals surface area contributed by atoms with Crippen molar-refractivity contribution in [2.45, 2.75) is 26.4 Å². The molecule has 1 aromatic carbocycles. The Morgan fingerprint density at radius 3 is 2.60 bits per heavy atom. The van der Waals surface area contributed by atoms with Gasteiger partial charge < -0.3 is 4.90 Å². The van der Waals surface area contributed by atoms with E-state index in [2.05, 4.69) is 32.6 Å². The standard InChI is InChI=1S/C18H22FIN4O/c1-14-17(20)13-24(21-14)7-6-18(25)23-10-8-22(9-11-23)12-15-4-2-3-5-16(15)19/h2-5,13H,6-12H2,1H3. The molecule has 5 nitrogen and oxygen atoms in total. The average molecular weight is 456 g/mol. The molecule has 0 unspecified atom stereocenters. The highest BCUT2D eigenvalue weighted by Crippen LogP contribution is 2.13. The summed E-state index contributed by atoms with van der Waals surface area (Å²) in [4.78, 5) is 16.5. The van der Waals surface area contributed by atoms with E-state index in [1.807, 2.05) is 34.8 Å². The first-order valence-electron chi connectivity index (χ1n) is 8.46. The number of piperazine rings is 1. The van der Waals surface area contributed by atoms with Gasteiger partial charge in [0.1, 0.15) is 5.82 Å². The van der Waals surface area contributed by atoms with Gasteiger partial charge in [-0.1, -0.05) is 18.2 Å². The molecule has 1 fully saturated rings. The van der Waals surface area contributed by atoms with Gasteiger partial charge in [0.2, 0.25) is 5.91 Å². The molecule has 0 saturated carbocycles. The van der Waals surface area contributed by atoms with Gasteiger partial charge in [-0.05, 0) is 35.6 Å². The molecule has 1 aliphatic heterocycles. The number of benzene rings is 1. The van der Waals surface area contributed by atoms with Crippen LogP contribution in [0.25, 0.3) is 0 Å². The van der Waals surface area contributed by atoms with Crippen molar-refractivity contribution in [2.24, 2.45) is 0 Å². The Kier molecular flexibility index (Phi) is 6.06. The highest BCUT2D eigenvalue weighted by atomic mass is 127. The number of carbonyl (C=O) groups excluding carboxylic acids is 1. The first-order chi connectivity index (χ1) is 12.0.